The van der Waals surface area contributed by atoms with Gasteiger partial charge >= 0.3 is 17.9 Å². The van der Waals surface area contributed by atoms with E-state index in [9.17, 15) is 14.4 Å². The predicted molar refractivity (Wildman–Crippen MR) is 147 cm³/mol. The first-order valence-corrected chi connectivity index (χ1v) is 13.3. The van der Waals surface area contributed by atoms with E-state index in [2.05, 4.69) is 40.8 Å². The Morgan fingerprint density at radius 1 is 0.795 bits per heavy atom. The lowest BCUT2D eigenvalue weighted by atomic mass is 9.84. The maximum Gasteiger partial charge on any atom is 0.316 e. The average Bonchev–Trinajstić information content (AvgIpc) is 3.57. The van der Waals surface area contributed by atoms with Gasteiger partial charge in [-0.3, -0.25) is 14.4 Å². The maximum atomic E-state index is 11.2. The smallest absolute Gasteiger partial charge is 0.316 e. The highest BCUT2D eigenvalue weighted by Crippen LogP contribution is 2.31. The van der Waals surface area contributed by atoms with Crippen molar-refractivity contribution in [1.82, 2.24) is 10.6 Å². The van der Waals surface area contributed by atoms with Crippen molar-refractivity contribution in [3.63, 3.8) is 0 Å². The van der Waals surface area contributed by atoms with Gasteiger partial charge in [0.15, 0.2) is 5.41 Å². The molecule has 0 aromatic carbocycles. The summed E-state index contributed by atoms with van der Waals surface area (Å²) in [6.45, 7) is 10.8. The minimum atomic E-state index is -1.71. The third-order valence-electron chi connectivity index (χ3n) is 5.17. The minimum absolute atomic E-state index is 0. The van der Waals surface area contributed by atoms with Crippen molar-refractivity contribution in [2.24, 2.45) is 10.8 Å². The van der Waals surface area contributed by atoms with Crippen LogP contribution in [0.1, 0.15) is 60.3 Å². The molecule has 2 fully saturated rings. The second-order valence-electron chi connectivity index (χ2n) is 8.05. The first kappa shape index (κ1) is 40.3. The third kappa shape index (κ3) is 19.5. The maximum absolute atomic E-state index is 11.2. The largest absolute Gasteiger partial charge is 0.466 e. The number of nitrogens with one attached hydrogen (secondary N) is 2. The van der Waals surface area contributed by atoms with Crippen LogP contribution in [-0.4, -0.2) is 69.2 Å². The monoisotopic (exact) mass is 612 g/mol. The van der Waals surface area contributed by atoms with Gasteiger partial charge < -0.3 is 24.8 Å². The van der Waals surface area contributed by atoms with Crippen molar-refractivity contribution < 1.29 is 28.6 Å². The van der Waals surface area contributed by atoms with Crippen LogP contribution in [0, 0.1) is 56.2 Å². The van der Waals surface area contributed by atoms with Gasteiger partial charge in [-0.2, -0.15) is 21.0 Å². The van der Waals surface area contributed by atoms with E-state index in [1.165, 1.54) is 39.0 Å². The van der Waals surface area contributed by atoms with Crippen LogP contribution in [0.3, 0.4) is 0 Å². The standard InChI is InChI=1S/C11H14N2O4.C7H14N2.C4H7BrO2.C3H2N2.CH4/c1-3-16-9(14)5-11(7-12,8-13)6-10(15)17-4-2;1-3-8-5-7(1)2-4-9-6-7;1-2-7-4(6)3-5;4-2-1-3-5;/h3-6H2,1-2H3;8-9H,1-6H2;2-3H2,1H3;1H2;1H4. The summed E-state index contributed by atoms with van der Waals surface area (Å²) < 4.78 is 13.8. The lowest BCUT2D eigenvalue weighted by Crippen LogP contribution is -2.26. The van der Waals surface area contributed by atoms with E-state index in [-0.39, 0.29) is 33.0 Å². The van der Waals surface area contributed by atoms with E-state index in [1.54, 1.807) is 45.0 Å². The normalized spacial score (nSPS) is 13.7. The van der Waals surface area contributed by atoms with Gasteiger partial charge in [0.25, 0.3) is 0 Å². The third-order valence-corrected chi connectivity index (χ3v) is 5.63. The van der Waals surface area contributed by atoms with Crippen LogP contribution in [0.15, 0.2) is 0 Å². The number of halogens is 1. The molecule has 0 radical (unpaired) electrons. The number of nitriles is 4. The van der Waals surface area contributed by atoms with E-state index < -0.39 is 30.2 Å². The second kappa shape index (κ2) is 25.1. The first-order valence-electron chi connectivity index (χ1n) is 12.2. The summed E-state index contributed by atoms with van der Waals surface area (Å²) in [5.41, 5.74) is -1.04. The molecule has 2 N–H and O–H groups in total. The Hall–Kier alpha value is -3.23. The quantitative estimate of drug-likeness (QED) is 0.231. The number of esters is 3. The highest BCUT2D eigenvalue weighted by atomic mass is 79.9. The van der Waals surface area contributed by atoms with E-state index in [0.29, 0.717) is 17.4 Å². The summed E-state index contributed by atoms with van der Waals surface area (Å²) in [5.74, 6) is -1.57. The van der Waals surface area contributed by atoms with Crippen molar-refractivity contribution in [1.29, 1.82) is 21.0 Å². The lowest BCUT2D eigenvalue weighted by molar-refractivity contribution is -0.147. The summed E-state index contributed by atoms with van der Waals surface area (Å²) in [6.07, 6.45) is 1.90. The molecule has 0 aromatic rings. The molecule has 0 amide bonds. The van der Waals surface area contributed by atoms with Gasteiger partial charge in [0.1, 0.15) is 11.8 Å². The van der Waals surface area contributed by atoms with Crippen LogP contribution in [0.4, 0.5) is 0 Å². The van der Waals surface area contributed by atoms with Gasteiger partial charge in [0, 0.05) is 13.1 Å². The molecule has 12 nitrogen and oxygen atoms in total. The Balaban J connectivity index is -0.000000492. The summed E-state index contributed by atoms with van der Waals surface area (Å²) in [4.78, 5) is 32.6. The van der Waals surface area contributed by atoms with Crippen LogP contribution >= 0.6 is 15.9 Å². The van der Waals surface area contributed by atoms with Gasteiger partial charge in [0.2, 0.25) is 0 Å². The molecule has 218 valence electrons. The molecule has 1 spiro atoms. The number of nitrogens with zero attached hydrogens (tertiary/aromatic N) is 4. The van der Waals surface area contributed by atoms with Crippen LogP contribution in [0.25, 0.3) is 0 Å². The predicted octanol–water partition coefficient (Wildman–Crippen LogP) is 2.89. The van der Waals surface area contributed by atoms with Crippen molar-refractivity contribution in [2.45, 2.75) is 60.3 Å². The fraction of sp³-hybridized carbons (Fsp3) is 0.731. The number of rotatable bonds is 8. The molecule has 2 saturated heterocycles. The Morgan fingerprint density at radius 3 is 1.38 bits per heavy atom. The van der Waals surface area contributed by atoms with E-state index in [1.807, 2.05) is 0 Å². The zero-order valence-corrected chi connectivity index (χ0v) is 23.9. The van der Waals surface area contributed by atoms with E-state index >= 15 is 0 Å². The molecule has 39 heavy (non-hydrogen) atoms. The fourth-order valence-electron chi connectivity index (χ4n) is 3.35. The topological polar surface area (TPSA) is 198 Å². The van der Waals surface area contributed by atoms with Gasteiger partial charge in [-0.25, -0.2) is 0 Å². The van der Waals surface area contributed by atoms with Gasteiger partial charge in [-0.1, -0.05) is 23.4 Å². The molecule has 2 heterocycles. The SMILES string of the molecule is C.C1CC2(CCNC2)CN1.CCOC(=O)CBr.CCOC(=O)CC(C#N)(C#N)CC(=O)OCC.N#CCC#N. The molecular weight excluding hydrogens is 572 g/mol. The number of alkyl halides is 1. The minimum Gasteiger partial charge on any atom is -0.466 e. The number of hydrogen-bond donors (Lipinski definition) is 2. The molecule has 13 heteroatoms. The number of hydrogen-bond acceptors (Lipinski definition) is 12. The van der Waals surface area contributed by atoms with Crippen LogP contribution in [0.2, 0.25) is 0 Å². The molecular formula is C26H41BrN6O6. The molecule has 0 bridgehead atoms. The number of carbonyl (C=O) groups is 3. The lowest BCUT2D eigenvalue weighted by Gasteiger charge is -2.18. The Bertz CT molecular complexity index is 810. The van der Waals surface area contributed by atoms with E-state index in [4.69, 9.17) is 21.0 Å². The Kier molecular flexibility index (Phi) is 25.9. The van der Waals surface area contributed by atoms with Crippen molar-refractivity contribution in [2.75, 3.05) is 51.3 Å². The molecule has 0 aromatic heterocycles. The molecule has 0 atom stereocenters. The summed E-state index contributed by atoms with van der Waals surface area (Å²) >= 11 is 2.94. The fourth-order valence-corrected chi connectivity index (χ4v) is 3.51. The highest BCUT2D eigenvalue weighted by Gasteiger charge is 2.37. The zero-order valence-electron chi connectivity index (χ0n) is 22.3. The van der Waals surface area contributed by atoms with Crippen molar-refractivity contribution in [3.05, 3.63) is 0 Å². The van der Waals surface area contributed by atoms with Crippen molar-refractivity contribution in [3.8, 4) is 24.3 Å². The second-order valence-corrected chi connectivity index (χ2v) is 8.62. The summed E-state index contributed by atoms with van der Waals surface area (Å²) in [6, 6.07) is 6.67. The molecule has 0 unspecified atom stereocenters. The summed E-state index contributed by atoms with van der Waals surface area (Å²) in [7, 11) is 0. The average molecular weight is 614 g/mol. The van der Waals surface area contributed by atoms with Gasteiger partial charge in [0.05, 0.1) is 56.9 Å². The number of carbonyl (C=O) groups excluding carboxylic acids is 3. The molecule has 0 aliphatic carbocycles. The Morgan fingerprint density at radius 2 is 1.18 bits per heavy atom. The van der Waals surface area contributed by atoms with Crippen LogP contribution in [0.5, 0.6) is 0 Å². The van der Waals surface area contributed by atoms with Gasteiger partial charge in [-0.05, 0) is 52.1 Å². The highest BCUT2D eigenvalue weighted by molar-refractivity contribution is 9.09. The molecule has 2 rings (SSSR count). The molecule has 2 aliphatic rings. The zero-order chi connectivity index (χ0) is 29.3. The van der Waals surface area contributed by atoms with Crippen LogP contribution in [-0.2, 0) is 28.6 Å². The van der Waals surface area contributed by atoms with Gasteiger partial charge in [-0.15, -0.1) is 0 Å². The Labute approximate surface area is 240 Å². The number of ether oxygens (including phenoxy) is 3. The molecule has 2 aliphatic heterocycles. The van der Waals surface area contributed by atoms with E-state index in [0.717, 1.165) is 0 Å². The molecule has 0 saturated carbocycles. The van der Waals surface area contributed by atoms with Crippen LogP contribution < -0.4 is 10.6 Å². The van der Waals surface area contributed by atoms with Crippen molar-refractivity contribution >= 4 is 33.8 Å². The first-order chi connectivity index (χ1) is 18.2. The summed E-state index contributed by atoms with van der Waals surface area (Å²) in [5, 5.41) is 40.2.